The number of carbonyl (C=O) groups is 3. The zero-order valence-corrected chi connectivity index (χ0v) is 17.4. The van der Waals surface area contributed by atoms with Crippen molar-refractivity contribution in [1.82, 2.24) is 25.9 Å². The molecule has 0 fully saturated rings. The Balaban J connectivity index is 1.96. The summed E-state index contributed by atoms with van der Waals surface area (Å²) in [6.45, 7) is 2.58. The largest absolute Gasteiger partial charge is 0.359 e. The van der Waals surface area contributed by atoms with Crippen molar-refractivity contribution in [2.24, 2.45) is 0 Å². The molecule has 9 nitrogen and oxygen atoms in total. The molecule has 0 aliphatic rings. The lowest BCUT2D eigenvalue weighted by Gasteiger charge is -2.14. The molecule has 0 atom stereocenters. The number of pyridine rings is 2. The third-order valence-electron chi connectivity index (χ3n) is 4.64. The predicted octanol–water partition coefficient (Wildman–Crippen LogP) is 2.19. The van der Waals surface area contributed by atoms with Gasteiger partial charge in [-0.05, 0) is 47.2 Å². The highest BCUT2D eigenvalue weighted by Crippen LogP contribution is 2.31. The van der Waals surface area contributed by atoms with E-state index in [0.717, 1.165) is 27.5 Å². The van der Waals surface area contributed by atoms with Crippen molar-refractivity contribution in [3.8, 4) is 11.1 Å². The SMILES string of the molecule is CCNC(=O)Nc1cc2c(-c3ccncc3)ccc(CNC(=O)CC(=O)NC)c2cn1. The van der Waals surface area contributed by atoms with Gasteiger partial charge < -0.3 is 16.0 Å². The van der Waals surface area contributed by atoms with Crippen LogP contribution in [0.4, 0.5) is 10.6 Å². The third kappa shape index (κ3) is 5.53. The Morgan fingerprint density at radius 1 is 0.968 bits per heavy atom. The fourth-order valence-electron chi connectivity index (χ4n) is 3.11. The number of carbonyl (C=O) groups excluding carboxylic acids is 3. The predicted molar refractivity (Wildman–Crippen MR) is 118 cm³/mol. The monoisotopic (exact) mass is 420 g/mol. The Kier molecular flexibility index (Phi) is 7.10. The average Bonchev–Trinajstić information content (AvgIpc) is 2.78. The quantitative estimate of drug-likeness (QED) is 0.436. The van der Waals surface area contributed by atoms with Crippen LogP contribution in [0.15, 0.2) is 48.9 Å². The second kappa shape index (κ2) is 10.1. The van der Waals surface area contributed by atoms with Crippen molar-refractivity contribution in [2.75, 3.05) is 18.9 Å². The van der Waals surface area contributed by atoms with Gasteiger partial charge in [-0.1, -0.05) is 12.1 Å². The second-order valence-corrected chi connectivity index (χ2v) is 6.73. The molecule has 3 rings (SSSR count). The van der Waals surface area contributed by atoms with E-state index in [9.17, 15) is 14.4 Å². The van der Waals surface area contributed by atoms with E-state index in [0.29, 0.717) is 12.4 Å². The summed E-state index contributed by atoms with van der Waals surface area (Å²) in [4.78, 5) is 43.7. The molecular formula is C22H24N6O3. The number of nitrogens with one attached hydrogen (secondary N) is 4. The number of hydrogen-bond acceptors (Lipinski definition) is 5. The normalized spacial score (nSPS) is 10.4. The zero-order chi connectivity index (χ0) is 22.2. The Bertz CT molecular complexity index is 1100. The van der Waals surface area contributed by atoms with Crippen LogP contribution in [0.1, 0.15) is 18.9 Å². The lowest BCUT2D eigenvalue weighted by molar-refractivity contribution is -0.129. The Morgan fingerprint density at radius 3 is 2.45 bits per heavy atom. The van der Waals surface area contributed by atoms with Gasteiger partial charge in [0.25, 0.3) is 0 Å². The molecule has 4 amide bonds. The van der Waals surface area contributed by atoms with Gasteiger partial charge in [0, 0.05) is 44.1 Å². The van der Waals surface area contributed by atoms with Crippen LogP contribution in [0.5, 0.6) is 0 Å². The number of urea groups is 1. The lowest BCUT2D eigenvalue weighted by atomic mass is 9.96. The molecule has 1 aromatic carbocycles. The number of nitrogens with zero attached hydrogens (tertiary/aromatic N) is 2. The van der Waals surface area contributed by atoms with Gasteiger partial charge in [-0.15, -0.1) is 0 Å². The molecule has 3 aromatic rings. The van der Waals surface area contributed by atoms with Crippen molar-refractivity contribution >= 4 is 34.4 Å². The van der Waals surface area contributed by atoms with Gasteiger partial charge >= 0.3 is 6.03 Å². The van der Waals surface area contributed by atoms with Crippen LogP contribution < -0.4 is 21.3 Å². The van der Waals surface area contributed by atoms with Gasteiger partial charge in [-0.3, -0.25) is 19.9 Å². The van der Waals surface area contributed by atoms with E-state index in [4.69, 9.17) is 0 Å². The molecule has 0 saturated carbocycles. The van der Waals surface area contributed by atoms with E-state index in [1.54, 1.807) is 24.7 Å². The van der Waals surface area contributed by atoms with Crippen molar-refractivity contribution < 1.29 is 14.4 Å². The van der Waals surface area contributed by atoms with Gasteiger partial charge in [0.1, 0.15) is 12.2 Å². The number of anilines is 1. The molecule has 0 unspecified atom stereocenters. The van der Waals surface area contributed by atoms with E-state index in [-0.39, 0.29) is 30.8 Å². The molecular weight excluding hydrogens is 396 g/mol. The standard InChI is InChI=1S/C22H24N6O3/c1-3-25-22(31)28-19-10-17-16(14-6-8-24-9-7-14)5-4-15(18(17)13-26-19)12-27-21(30)11-20(29)23-2/h4-10,13H,3,11-12H2,1-2H3,(H,23,29)(H,27,30)(H2,25,26,28,31). The van der Waals surface area contributed by atoms with Crippen LogP contribution in [-0.4, -0.2) is 41.4 Å². The van der Waals surface area contributed by atoms with E-state index < -0.39 is 0 Å². The molecule has 0 spiro atoms. The molecule has 0 radical (unpaired) electrons. The van der Waals surface area contributed by atoms with Gasteiger partial charge in [0.2, 0.25) is 11.8 Å². The number of benzene rings is 1. The van der Waals surface area contributed by atoms with E-state index in [1.807, 2.05) is 31.2 Å². The van der Waals surface area contributed by atoms with Crippen LogP contribution >= 0.6 is 0 Å². The highest BCUT2D eigenvalue weighted by Gasteiger charge is 2.13. The average molecular weight is 420 g/mol. The summed E-state index contributed by atoms with van der Waals surface area (Å²) in [5.41, 5.74) is 2.75. The minimum Gasteiger partial charge on any atom is -0.359 e. The first-order chi connectivity index (χ1) is 15.0. The Hall–Kier alpha value is -4.01. The fraction of sp³-hybridized carbons (Fsp3) is 0.227. The number of fused-ring (bicyclic) bond motifs is 1. The number of hydrogen-bond donors (Lipinski definition) is 4. The topological polar surface area (TPSA) is 125 Å². The summed E-state index contributed by atoms with van der Waals surface area (Å²) in [7, 11) is 1.49. The lowest BCUT2D eigenvalue weighted by Crippen LogP contribution is -2.29. The minimum atomic E-state index is -0.367. The number of rotatable bonds is 7. The fourth-order valence-corrected chi connectivity index (χ4v) is 3.11. The van der Waals surface area contributed by atoms with Gasteiger partial charge in [-0.2, -0.15) is 0 Å². The highest BCUT2D eigenvalue weighted by molar-refractivity contribution is 6.01. The molecule has 4 N–H and O–H groups in total. The van der Waals surface area contributed by atoms with Crippen LogP contribution in [0.25, 0.3) is 21.9 Å². The highest BCUT2D eigenvalue weighted by atomic mass is 16.2. The first-order valence-corrected chi connectivity index (χ1v) is 9.86. The maximum atomic E-state index is 12.0. The summed E-state index contributed by atoms with van der Waals surface area (Å²) >= 11 is 0. The van der Waals surface area contributed by atoms with Crippen LogP contribution in [-0.2, 0) is 16.1 Å². The van der Waals surface area contributed by atoms with Crippen molar-refractivity contribution in [3.05, 3.63) is 54.5 Å². The van der Waals surface area contributed by atoms with Crippen molar-refractivity contribution in [3.63, 3.8) is 0 Å². The summed E-state index contributed by atoms with van der Waals surface area (Å²) in [5.74, 6) is -0.305. The maximum absolute atomic E-state index is 12.0. The molecule has 0 bridgehead atoms. The van der Waals surface area contributed by atoms with Crippen molar-refractivity contribution in [1.29, 1.82) is 0 Å². The molecule has 2 heterocycles. The van der Waals surface area contributed by atoms with Gasteiger partial charge in [0.15, 0.2) is 0 Å². The molecule has 9 heteroatoms. The molecule has 160 valence electrons. The Labute approximate surface area is 179 Å². The van der Waals surface area contributed by atoms with E-state index in [1.165, 1.54) is 7.05 Å². The summed E-state index contributed by atoms with van der Waals surface area (Å²) < 4.78 is 0. The smallest absolute Gasteiger partial charge is 0.320 e. The van der Waals surface area contributed by atoms with Crippen LogP contribution in [0.2, 0.25) is 0 Å². The number of aromatic nitrogens is 2. The maximum Gasteiger partial charge on any atom is 0.320 e. The molecule has 0 aliphatic heterocycles. The van der Waals surface area contributed by atoms with E-state index in [2.05, 4.69) is 31.2 Å². The Morgan fingerprint density at radius 2 is 1.74 bits per heavy atom. The summed E-state index contributed by atoms with van der Waals surface area (Å²) in [5, 5.41) is 12.3. The summed E-state index contributed by atoms with van der Waals surface area (Å²) in [6.07, 6.45) is 4.86. The molecule has 2 aromatic heterocycles. The molecule has 0 aliphatic carbocycles. The molecule has 0 saturated heterocycles. The zero-order valence-electron chi connectivity index (χ0n) is 17.4. The van der Waals surface area contributed by atoms with Gasteiger partial charge in [0.05, 0.1) is 0 Å². The van der Waals surface area contributed by atoms with Crippen molar-refractivity contribution in [2.45, 2.75) is 19.9 Å². The first-order valence-electron chi connectivity index (χ1n) is 9.86. The van der Waals surface area contributed by atoms with E-state index >= 15 is 0 Å². The van der Waals surface area contributed by atoms with Gasteiger partial charge in [-0.25, -0.2) is 9.78 Å². The van der Waals surface area contributed by atoms with Crippen LogP contribution in [0, 0.1) is 0 Å². The number of amides is 4. The third-order valence-corrected chi connectivity index (χ3v) is 4.64. The second-order valence-electron chi connectivity index (χ2n) is 6.73. The summed E-state index contributed by atoms with van der Waals surface area (Å²) in [6, 6.07) is 9.13. The molecule has 31 heavy (non-hydrogen) atoms. The first kappa shape index (κ1) is 21.7. The minimum absolute atomic E-state index is 0.234. The van der Waals surface area contributed by atoms with Crippen LogP contribution in [0.3, 0.4) is 0 Å².